The van der Waals surface area contributed by atoms with E-state index in [0.29, 0.717) is 11.4 Å². The second-order valence-corrected chi connectivity index (χ2v) is 13.0. The van der Waals surface area contributed by atoms with Gasteiger partial charge >= 0.3 is 0 Å². The molecule has 10 heteroatoms. The van der Waals surface area contributed by atoms with Crippen molar-refractivity contribution in [2.75, 3.05) is 10.8 Å². The van der Waals surface area contributed by atoms with Crippen LogP contribution in [0.15, 0.2) is 77.7 Å². The lowest BCUT2D eigenvalue weighted by atomic mass is 10.1. The van der Waals surface area contributed by atoms with Crippen LogP contribution in [0.4, 0.5) is 5.69 Å². The van der Waals surface area contributed by atoms with Gasteiger partial charge in [-0.15, -0.1) is 0 Å². The van der Waals surface area contributed by atoms with Crippen LogP contribution in [0.2, 0.25) is 10.0 Å². The van der Waals surface area contributed by atoms with E-state index in [-0.39, 0.29) is 34.1 Å². The van der Waals surface area contributed by atoms with Crippen LogP contribution in [-0.2, 0) is 26.2 Å². The number of nitrogens with zero attached hydrogens (tertiary/aromatic N) is 2. The molecule has 3 aromatic carbocycles. The minimum Gasteiger partial charge on any atom is -0.352 e. The first-order valence-electron chi connectivity index (χ1n) is 13.8. The number of carbonyl (C=O) groups is 2. The van der Waals surface area contributed by atoms with Crippen molar-refractivity contribution in [2.24, 2.45) is 0 Å². The Morgan fingerprint density at radius 2 is 1.63 bits per heavy atom. The maximum Gasteiger partial charge on any atom is 0.264 e. The maximum absolute atomic E-state index is 14.2. The zero-order valence-electron chi connectivity index (χ0n) is 23.2. The summed E-state index contributed by atoms with van der Waals surface area (Å²) in [4.78, 5) is 29.2. The van der Waals surface area contributed by atoms with Crippen LogP contribution in [0.5, 0.6) is 0 Å². The smallest absolute Gasteiger partial charge is 0.264 e. The highest BCUT2D eigenvalue weighted by Crippen LogP contribution is 2.33. The Labute approximate surface area is 252 Å². The molecule has 1 aliphatic carbocycles. The number of halogens is 2. The molecule has 0 saturated heterocycles. The number of aryl methyl sites for hydroxylation is 1. The summed E-state index contributed by atoms with van der Waals surface area (Å²) < 4.78 is 28.8. The molecule has 7 nitrogen and oxygen atoms in total. The molecular weight excluding hydrogens is 581 g/mol. The van der Waals surface area contributed by atoms with Crippen molar-refractivity contribution in [3.63, 3.8) is 0 Å². The normalized spacial score (nSPS) is 14.4. The molecule has 0 radical (unpaired) electrons. The lowest BCUT2D eigenvalue weighted by Gasteiger charge is -2.34. The summed E-state index contributed by atoms with van der Waals surface area (Å²) in [5.74, 6) is -0.758. The number of carbonyl (C=O) groups excluding carboxylic acids is 2. The number of sulfonamides is 1. The van der Waals surface area contributed by atoms with Gasteiger partial charge < -0.3 is 10.2 Å². The molecule has 0 heterocycles. The van der Waals surface area contributed by atoms with Gasteiger partial charge in [0.15, 0.2) is 0 Å². The molecule has 0 aromatic heterocycles. The highest BCUT2D eigenvalue weighted by atomic mass is 35.5. The molecule has 0 spiro atoms. The molecule has 41 heavy (non-hydrogen) atoms. The topological polar surface area (TPSA) is 86.8 Å². The first-order valence-corrected chi connectivity index (χ1v) is 16.0. The minimum absolute atomic E-state index is 0.00918. The fourth-order valence-electron chi connectivity index (χ4n) is 5.09. The Bertz CT molecular complexity index is 1460. The van der Waals surface area contributed by atoms with Crippen molar-refractivity contribution in [1.82, 2.24) is 10.2 Å². The fourth-order valence-corrected chi connectivity index (χ4v) is 7.11. The summed E-state index contributed by atoms with van der Waals surface area (Å²) >= 11 is 12.6. The highest BCUT2D eigenvalue weighted by Gasteiger charge is 2.35. The van der Waals surface area contributed by atoms with E-state index in [9.17, 15) is 18.0 Å². The van der Waals surface area contributed by atoms with Crippen molar-refractivity contribution < 1.29 is 18.0 Å². The summed E-state index contributed by atoms with van der Waals surface area (Å²) in [6.07, 6.45) is 4.30. The number of amides is 2. The third-order valence-electron chi connectivity index (χ3n) is 7.35. The molecule has 3 aromatic rings. The van der Waals surface area contributed by atoms with E-state index >= 15 is 0 Å². The van der Waals surface area contributed by atoms with Crippen molar-refractivity contribution in [3.05, 3.63) is 94.0 Å². The van der Waals surface area contributed by atoms with Crippen LogP contribution in [0.1, 0.15) is 50.2 Å². The number of anilines is 1. The van der Waals surface area contributed by atoms with Crippen LogP contribution in [0.3, 0.4) is 0 Å². The van der Waals surface area contributed by atoms with Crippen molar-refractivity contribution in [2.45, 2.75) is 69.5 Å². The van der Waals surface area contributed by atoms with Crippen LogP contribution in [-0.4, -0.2) is 43.8 Å². The molecule has 4 rings (SSSR count). The van der Waals surface area contributed by atoms with Crippen LogP contribution < -0.4 is 9.62 Å². The number of nitrogens with one attached hydrogen (secondary N) is 1. The van der Waals surface area contributed by atoms with Crippen molar-refractivity contribution in [1.29, 1.82) is 0 Å². The average molecular weight is 617 g/mol. The van der Waals surface area contributed by atoms with Gasteiger partial charge in [0.05, 0.1) is 15.6 Å². The Balaban J connectivity index is 1.72. The number of benzene rings is 3. The Morgan fingerprint density at radius 1 is 0.976 bits per heavy atom. The van der Waals surface area contributed by atoms with Gasteiger partial charge in [0.2, 0.25) is 11.8 Å². The second-order valence-electron chi connectivity index (χ2n) is 10.3. The van der Waals surface area contributed by atoms with Gasteiger partial charge in [-0.1, -0.05) is 91.0 Å². The van der Waals surface area contributed by atoms with Gasteiger partial charge in [0.25, 0.3) is 10.0 Å². The standard InChI is InChI=1S/C31H35Cl2N3O4S/c1-3-28(31(38)34-25-9-7-8-10-25)35(20-23-15-13-22(2)14-16-23)30(37)21-36(29-18-17-24(32)19-27(29)33)41(39,40)26-11-5-4-6-12-26/h4-6,11-19,25,28H,3,7-10,20-21H2,1-2H3,(H,34,38)/t28-/m0/s1. The van der Waals surface area contributed by atoms with E-state index in [1.54, 1.807) is 18.2 Å². The fraction of sp³-hybridized carbons (Fsp3) is 0.355. The molecule has 1 saturated carbocycles. The molecule has 1 atom stereocenters. The molecule has 218 valence electrons. The van der Waals surface area contributed by atoms with E-state index < -0.39 is 28.5 Å². The third-order valence-corrected chi connectivity index (χ3v) is 9.66. The summed E-state index contributed by atoms with van der Waals surface area (Å²) in [5.41, 5.74) is 2.01. The second kappa shape index (κ2) is 13.7. The predicted octanol–water partition coefficient (Wildman–Crippen LogP) is 6.36. The van der Waals surface area contributed by atoms with Crippen molar-refractivity contribution >= 4 is 50.7 Å². The SMILES string of the molecule is CC[C@@H](C(=O)NC1CCCC1)N(Cc1ccc(C)cc1)C(=O)CN(c1ccc(Cl)cc1Cl)S(=O)(=O)c1ccccc1. The molecule has 1 fully saturated rings. The summed E-state index contributed by atoms with van der Waals surface area (Å²) in [7, 11) is -4.21. The van der Waals surface area contributed by atoms with E-state index in [4.69, 9.17) is 23.2 Å². The van der Waals surface area contributed by atoms with Crippen LogP contribution in [0, 0.1) is 6.92 Å². The quantitative estimate of drug-likeness (QED) is 0.272. The lowest BCUT2D eigenvalue weighted by molar-refractivity contribution is -0.140. The zero-order chi connectivity index (χ0) is 29.6. The van der Waals surface area contributed by atoms with E-state index in [2.05, 4.69) is 5.32 Å². The largest absolute Gasteiger partial charge is 0.352 e. The number of hydrogen-bond acceptors (Lipinski definition) is 4. The third kappa shape index (κ3) is 7.61. The van der Waals surface area contributed by atoms with Gasteiger partial charge in [-0.05, 0) is 62.1 Å². The molecule has 0 aliphatic heterocycles. The van der Waals surface area contributed by atoms with Gasteiger partial charge in [0, 0.05) is 17.6 Å². The molecule has 0 unspecified atom stereocenters. The number of hydrogen-bond donors (Lipinski definition) is 1. The molecule has 2 amide bonds. The van der Waals surface area contributed by atoms with E-state index in [0.717, 1.165) is 41.1 Å². The zero-order valence-corrected chi connectivity index (χ0v) is 25.6. The molecule has 0 bridgehead atoms. The van der Waals surface area contributed by atoms with Crippen LogP contribution in [0.25, 0.3) is 0 Å². The summed E-state index contributed by atoms with van der Waals surface area (Å²) in [5, 5.41) is 3.53. The van der Waals surface area contributed by atoms with Gasteiger partial charge in [-0.3, -0.25) is 13.9 Å². The van der Waals surface area contributed by atoms with Gasteiger partial charge in [-0.25, -0.2) is 8.42 Å². The molecule has 1 N–H and O–H groups in total. The van der Waals surface area contributed by atoms with Crippen LogP contribution >= 0.6 is 23.2 Å². The van der Waals surface area contributed by atoms with Crippen molar-refractivity contribution in [3.8, 4) is 0 Å². The monoisotopic (exact) mass is 615 g/mol. The number of rotatable bonds is 11. The Kier molecular flexibility index (Phi) is 10.3. The van der Waals surface area contributed by atoms with Gasteiger partial charge in [0.1, 0.15) is 12.6 Å². The van der Waals surface area contributed by atoms with E-state index in [1.165, 1.54) is 35.2 Å². The van der Waals surface area contributed by atoms with Gasteiger partial charge in [-0.2, -0.15) is 0 Å². The Hall–Kier alpha value is -3.07. The minimum atomic E-state index is -4.21. The summed E-state index contributed by atoms with van der Waals surface area (Å²) in [6.45, 7) is 3.41. The lowest BCUT2D eigenvalue weighted by Crippen LogP contribution is -2.53. The molecule has 1 aliphatic rings. The predicted molar refractivity (Wildman–Crippen MR) is 164 cm³/mol. The first kappa shape index (κ1) is 30.9. The average Bonchev–Trinajstić information content (AvgIpc) is 3.46. The highest BCUT2D eigenvalue weighted by molar-refractivity contribution is 7.92. The maximum atomic E-state index is 14.2. The summed E-state index contributed by atoms with van der Waals surface area (Å²) in [6, 6.07) is 19.3. The Morgan fingerprint density at radius 3 is 2.24 bits per heavy atom. The first-order chi connectivity index (χ1) is 19.6. The molecular formula is C31H35Cl2N3O4S. The van der Waals surface area contributed by atoms with E-state index in [1.807, 2.05) is 38.1 Å².